The van der Waals surface area contributed by atoms with Crippen LogP contribution in [-0.2, 0) is 4.79 Å². The first-order chi connectivity index (χ1) is 6.18. The van der Waals surface area contributed by atoms with Gasteiger partial charge in [0, 0.05) is 38.0 Å². The lowest BCUT2D eigenvalue weighted by Crippen LogP contribution is -2.29. The smallest absolute Gasteiger partial charge is 0.245 e. The summed E-state index contributed by atoms with van der Waals surface area (Å²) in [6.45, 7) is 4.68. The van der Waals surface area contributed by atoms with E-state index in [0.717, 1.165) is 19.6 Å². The number of amides is 1. The molecule has 5 heteroatoms. The molecule has 6 N–H and O–H groups in total. The van der Waals surface area contributed by atoms with Crippen molar-refractivity contribution >= 4 is 5.91 Å². The van der Waals surface area contributed by atoms with Crippen molar-refractivity contribution < 1.29 is 4.79 Å². The normalized spacial score (nSPS) is 11.4. The van der Waals surface area contributed by atoms with Gasteiger partial charge in [-0.2, -0.15) is 0 Å². The molecule has 76 valence electrons. The van der Waals surface area contributed by atoms with Crippen LogP contribution in [0.2, 0.25) is 0 Å². The van der Waals surface area contributed by atoms with E-state index in [9.17, 15) is 4.79 Å². The van der Waals surface area contributed by atoms with Crippen LogP contribution in [0.5, 0.6) is 0 Å². The molecule has 0 fully saturated rings. The van der Waals surface area contributed by atoms with Gasteiger partial charge in [0.15, 0.2) is 0 Å². The van der Waals surface area contributed by atoms with Crippen molar-refractivity contribution in [2.75, 3.05) is 26.2 Å². The molecular formula is C8H18N4O. The third-order valence-corrected chi connectivity index (χ3v) is 1.47. The molecule has 0 aliphatic heterocycles. The minimum Gasteiger partial charge on any atom is -0.389 e. The average molecular weight is 186 g/mol. The zero-order valence-electron chi connectivity index (χ0n) is 7.97. The molecule has 0 heterocycles. The van der Waals surface area contributed by atoms with Gasteiger partial charge in [0.25, 0.3) is 0 Å². The van der Waals surface area contributed by atoms with Crippen molar-refractivity contribution in [2.24, 2.45) is 11.5 Å². The Morgan fingerprint density at radius 1 is 1.38 bits per heavy atom. The molecule has 0 aliphatic carbocycles. The van der Waals surface area contributed by atoms with Crippen LogP contribution in [0.3, 0.4) is 0 Å². The Kier molecular flexibility index (Phi) is 6.95. The van der Waals surface area contributed by atoms with Crippen molar-refractivity contribution in [3.8, 4) is 0 Å². The Bertz CT molecular complexity index is 179. The number of nitrogens with one attached hydrogen (secondary N) is 2. The summed E-state index contributed by atoms with van der Waals surface area (Å²) in [6.07, 6.45) is 1.62. The minimum atomic E-state index is -0.401. The maximum absolute atomic E-state index is 10.5. The molecule has 0 saturated heterocycles. The van der Waals surface area contributed by atoms with Crippen LogP contribution in [0.15, 0.2) is 11.8 Å². The Labute approximate surface area is 78.5 Å². The van der Waals surface area contributed by atoms with Gasteiger partial charge >= 0.3 is 0 Å². The molecule has 0 rings (SSSR count). The molecule has 13 heavy (non-hydrogen) atoms. The molecule has 0 saturated carbocycles. The molecule has 0 aromatic heterocycles. The summed E-state index contributed by atoms with van der Waals surface area (Å²) in [6, 6.07) is 0. The van der Waals surface area contributed by atoms with Crippen LogP contribution in [-0.4, -0.2) is 32.1 Å². The summed E-state index contributed by atoms with van der Waals surface area (Å²) < 4.78 is 0. The highest BCUT2D eigenvalue weighted by molar-refractivity contribution is 5.91. The first kappa shape index (κ1) is 11.9. The quantitative estimate of drug-likeness (QED) is 0.288. The van der Waals surface area contributed by atoms with E-state index in [1.165, 1.54) is 0 Å². The van der Waals surface area contributed by atoms with Gasteiger partial charge in [0.1, 0.15) is 0 Å². The Balaban J connectivity index is 3.34. The number of hydrogen-bond acceptors (Lipinski definition) is 4. The Morgan fingerprint density at radius 3 is 2.62 bits per heavy atom. The van der Waals surface area contributed by atoms with Gasteiger partial charge in [-0.05, 0) is 6.92 Å². The summed E-state index contributed by atoms with van der Waals surface area (Å²) >= 11 is 0. The molecule has 0 aromatic carbocycles. The number of carbonyl (C=O) groups is 1. The van der Waals surface area contributed by atoms with Gasteiger partial charge in [-0.15, -0.1) is 0 Å². The first-order valence-electron chi connectivity index (χ1n) is 4.29. The van der Waals surface area contributed by atoms with E-state index >= 15 is 0 Å². The highest BCUT2D eigenvalue weighted by Crippen LogP contribution is 1.85. The predicted molar refractivity (Wildman–Crippen MR) is 52.9 cm³/mol. The topological polar surface area (TPSA) is 93.2 Å². The van der Waals surface area contributed by atoms with E-state index < -0.39 is 5.91 Å². The van der Waals surface area contributed by atoms with Crippen molar-refractivity contribution in [3.05, 3.63) is 11.8 Å². The zero-order valence-corrected chi connectivity index (χ0v) is 7.97. The number of primary amides is 1. The van der Waals surface area contributed by atoms with E-state index in [0.29, 0.717) is 12.1 Å². The molecule has 0 spiro atoms. The molecule has 5 nitrogen and oxygen atoms in total. The van der Waals surface area contributed by atoms with Crippen LogP contribution >= 0.6 is 0 Å². The van der Waals surface area contributed by atoms with Crippen LogP contribution in [0.25, 0.3) is 0 Å². The van der Waals surface area contributed by atoms with Crippen LogP contribution in [0, 0.1) is 0 Å². The van der Waals surface area contributed by atoms with Crippen LogP contribution in [0.4, 0.5) is 0 Å². The monoisotopic (exact) mass is 186 g/mol. The molecule has 0 bridgehead atoms. The van der Waals surface area contributed by atoms with Gasteiger partial charge in [0.05, 0.1) is 0 Å². The SMILES string of the molecule is CC(=CNCCNCCN)C(N)=O. The molecule has 0 aromatic rings. The predicted octanol–water partition coefficient (Wildman–Crippen LogP) is -1.49. The zero-order chi connectivity index (χ0) is 10.1. The summed E-state index contributed by atoms with van der Waals surface area (Å²) in [5.74, 6) is -0.401. The third-order valence-electron chi connectivity index (χ3n) is 1.47. The molecule has 0 aliphatic rings. The maximum atomic E-state index is 10.5. The van der Waals surface area contributed by atoms with Crippen LogP contribution < -0.4 is 22.1 Å². The van der Waals surface area contributed by atoms with Crippen molar-refractivity contribution in [1.29, 1.82) is 0 Å². The van der Waals surface area contributed by atoms with Gasteiger partial charge in [-0.3, -0.25) is 4.79 Å². The Morgan fingerprint density at radius 2 is 2.08 bits per heavy atom. The lowest BCUT2D eigenvalue weighted by Gasteiger charge is -2.03. The fraction of sp³-hybridized carbons (Fsp3) is 0.625. The highest BCUT2D eigenvalue weighted by Gasteiger charge is 1.94. The number of hydrogen-bond donors (Lipinski definition) is 4. The molecular weight excluding hydrogens is 168 g/mol. The summed E-state index contributed by atoms with van der Waals surface area (Å²) in [7, 11) is 0. The maximum Gasteiger partial charge on any atom is 0.245 e. The third kappa shape index (κ3) is 7.30. The summed E-state index contributed by atoms with van der Waals surface area (Å²) in [4.78, 5) is 10.5. The van der Waals surface area contributed by atoms with Gasteiger partial charge in [0.2, 0.25) is 5.91 Å². The lowest BCUT2D eigenvalue weighted by atomic mass is 10.3. The van der Waals surface area contributed by atoms with Gasteiger partial charge < -0.3 is 22.1 Å². The van der Waals surface area contributed by atoms with Gasteiger partial charge in [-0.25, -0.2) is 0 Å². The van der Waals surface area contributed by atoms with E-state index in [1.807, 2.05) is 0 Å². The first-order valence-corrected chi connectivity index (χ1v) is 4.29. The number of nitrogens with two attached hydrogens (primary N) is 2. The van der Waals surface area contributed by atoms with E-state index in [1.54, 1.807) is 13.1 Å². The second-order valence-electron chi connectivity index (χ2n) is 2.68. The standard InChI is InChI=1S/C8H18N4O/c1-7(8(10)13)6-12-5-4-11-3-2-9/h6,11-12H,2-5,9H2,1H3,(H2,10,13). The molecule has 0 atom stereocenters. The second-order valence-corrected chi connectivity index (χ2v) is 2.68. The molecule has 0 unspecified atom stereocenters. The minimum absolute atomic E-state index is 0.401. The molecule has 1 amide bonds. The summed E-state index contributed by atoms with van der Waals surface area (Å²) in [5, 5.41) is 6.06. The van der Waals surface area contributed by atoms with Crippen molar-refractivity contribution in [2.45, 2.75) is 6.92 Å². The van der Waals surface area contributed by atoms with Crippen molar-refractivity contribution in [3.63, 3.8) is 0 Å². The summed E-state index contributed by atoms with van der Waals surface area (Å²) in [5.41, 5.74) is 10.8. The van der Waals surface area contributed by atoms with Gasteiger partial charge in [-0.1, -0.05) is 0 Å². The average Bonchev–Trinajstić information content (AvgIpc) is 2.10. The van der Waals surface area contributed by atoms with Crippen LogP contribution in [0.1, 0.15) is 6.92 Å². The lowest BCUT2D eigenvalue weighted by molar-refractivity contribution is -0.114. The number of carbonyl (C=O) groups excluding carboxylic acids is 1. The van der Waals surface area contributed by atoms with E-state index in [-0.39, 0.29) is 0 Å². The van der Waals surface area contributed by atoms with Crippen molar-refractivity contribution in [1.82, 2.24) is 10.6 Å². The Hall–Kier alpha value is -1.07. The largest absolute Gasteiger partial charge is 0.389 e. The van der Waals surface area contributed by atoms with E-state index in [2.05, 4.69) is 10.6 Å². The van der Waals surface area contributed by atoms with E-state index in [4.69, 9.17) is 11.5 Å². The highest BCUT2D eigenvalue weighted by atomic mass is 16.1. The fourth-order valence-corrected chi connectivity index (χ4v) is 0.684. The molecule has 0 radical (unpaired) electrons. The fourth-order valence-electron chi connectivity index (χ4n) is 0.684. The number of rotatable bonds is 7. The second kappa shape index (κ2) is 7.57.